The van der Waals surface area contributed by atoms with Gasteiger partial charge in [-0.3, -0.25) is 4.79 Å². The molecule has 0 spiro atoms. The number of hydrogen-bond donors (Lipinski definition) is 4. The van der Waals surface area contributed by atoms with E-state index in [1.54, 1.807) is 39.8 Å². The van der Waals surface area contributed by atoms with Crippen LogP contribution in [0.4, 0.5) is 0 Å². The molecule has 2 bridgehead atoms. The molecule has 5 rings (SSSR count). The van der Waals surface area contributed by atoms with Gasteiger partial charge < -0.3 is 25.2 Å². The highest BCUT2D eigenvalue weighted by Gasteiger charge is 2.31. The number of aliphatic hydroxyl groups excluding tert-OH is 2. The fourth-order valence-corrected chi connectivity index (χ4v) is 8.58. The number of ketones is 1. The second-order valence-electron chi connectivity index (χ2n) is 9.99. The third-order valence-electron chi connectivity index (χ3n) is 7.54. The van der Waals surface area contributed by atoms with Gasteiger partial charge in [-0.1, -0.05) is 45.9 Å². The van der Waals surface area contributed by atoms with Crippen molar-refractivity contribution in [2.45, 2.75) is 56.0 Å². The molecule has 8 heteroatoms. The maximum absolute atomic E-state index is 12.9. The molecule has 1 aliphatic heterocycles. The summed E-state index contributed by atoms with van der Waals surface area (Å²) in [5.74, 6) is 0.854. The first kappa shape index (κ1) is 26.2. The predicted octanol–water partition coefficient (Wildman–Crippen LogP) is 5.78. The highest BCUT2D eigenvalue weighted by atomic mass is 33.1. The van der Waals surface area contributed by atoms with Crippen LogP contribution >= 0.6 is 21.6 Å². The second-order valence-corrected chi connectivity index (χ2v) is 12.6. The molecule has 1 saturated heterocycles. The van der Waals surface area contributed by atoms with E-state index in [4.69, 9.17) is 4.74 Å². The van der Waals surface area contributed by atoms with Gasteiger partial charge >= 0.3 is 0 Å². The van der Waals surface area contributed by atoms with Crippen molar-refractivity contribution < 1.29 is 30.0 Å². The number of benzene rings is 3. The number of aliphatic hydroxyl groups is 2. The molecule has 0 unspecified atom stereocenters. The van der Waals surface area contributed by atoms with Crippen LogP contribution in [-0.4, -0.2) is 51.3 Å². The maximum Gasteiger partial charge on any atom is 0.168 e. The molecule has 4 N–H and O–H groups in total. The number of carbonyl (C=O) groups is 1. The van der Waals surface area contributed by atoms with Gasteiger partial charge in [-0.15, -0.1) is 0 Å². The van der Waals surface area contributed by atoms with E-state index in [0.717, 1.165) is 39.4 Å². The molecule has 0 radical (unpaired) electrons. The summed E-state index contributed by atoms with van der Waals surface area (Å²) in [4.78, 5) is 12.9. The van der Waals surface area contributed by atoms with Crippen LogP contribution in [0.2, 0.25) is 0 Å². The smallest absolute Gasteiger partial charge is 0.168 e. The van der Waals surface area contributed by atoms with E-state index in [1.165, 1.54) is 7.11 Å². The van der Waals surface area contributed by atoms with Gasteiger partial charge in [-0.2, -0.15) is 0 Å². The minimum absolute atomic E-state index is 0.0222. The Kier molecular flexibility index (Phi) is 7.91. The Labute approximate surface area is 224 Å². The molecule has 1 fully saturated rings. The first-order chi connectivity index (χ1) is 17.9. The van der Waals surface area contributed by atoms with Crippen LogP contribution in [0.1, 0.15) is 48.5 Å². The van der Waals surface area contributed by atoms with Crippen LogP contribution in [0.3, 0.4) is 0 Å². The van der Waals surface area contributed by atoms with Crippen molar-refractivity contribution in [2.75, 3.05) is 12.9 Å². The average Bonchev–Trinajstić information content (AvgIpc) is 2.97. The monoisotopic (exact) mass is 540 g/mol. The number of Topliss-reactive ketones (excluding diaryl/α,β-unsaturated/α-hetero) is 1. The molecule has 0 saturated carbocycles. The lowest BCUT2D eigenvalue weighted by Crippen LogP contribution is -2.28. The molecule has 2 aliphatic rings. The van der Waals surface area contributed by atoms with E-state index in [9.17, 15) is 25.2 Å². The summed E-state index contributed by atoms with van der Waals surface area (Å²) in [6.45, 7) is 0. The van der Waals surface area contributed by atoms with Gasteiger partial charge in [-0.25, -0.2) is 0 Å². The number of aryl methyl sites for hydroxylation is 1. The van der Waals surface area contributed by atoms with Crippen molar-refractivity contribution in [2.24, 2.45) is 5.92 Å². The Balaban J connectivity index is 1.80. The number of aromatic hydroxyl groups is 2. The molecule has 0 amide bonds. The van der Waals surface area contributed by atoms with Gasteiger partial charge in [0.1, 0.15) is 11.5 Å². The summed E-state index contributed by atoms with van der Waals surface area (Å²) in [6, 6.07) is 12.8. The van der Waals surface area contributed by atoms with E-state index < -0.39 is 12.2 Å². The Morgan fingerprint density at radius 2 is 1.81 bits per heavy atom. The number of methoxy groups -OCH3 is 1. The predicted molar refractivity (Wildman–Crippen MR) is 149 cm³/mol. The lowest BCUT2D eigenvalue weighted by molar-refractivity contribution is -0.121. The molecule has 196 valence electrons. The number of hydrogen-bond acceptors (Lipinski definition) is 8. The fraction of sp³-hybridized carbons (Fsp3) is 0.414. The van der Waals surface area contributed by atoms with Crippen molar-refractivity contribution >= 4 is 38.1 Å². The number of phenolic OH excluding ortho intramolecular Hbond substituents is 2. The number of fused-ring (bicyclic) bond motifs is 9. The quantitative estimate of drug-likeness (QED) is 0.288. The summed E-state index contributed by atoms with van der Waals surface area (Å²) in [7, 11) is 4.82. The molecular formula is C29H32O6S2. The Morgan fingerprint density at radius 3 is 2.62 bits per heavy atom. The van der Waals surface area contributed by atoms with Gasteiger partial charge in [0.25, 0.3) is 0 Å². The lowest BCUT2D eigenvalue weighted by Gasteiger charge is -2.26. The fourth-order valence-electron chi connectivity index (χ4n) is 5.69. The first-order valence-electron chi connectivity index (χ1n) is 12.7. The van der Waals surface area contributed by atoms with Crippen molar-refractivity contribution in [1.29, 1.82) is 0 Å². The average molecular weight is 541 g/mol. The zero-order valence-electron chi connectivity index (χ0n) is 20.7. The van der Waals surface area contributed by atoms with Crippen LogP contribution in [0.15, 0.2) is 42.5 Å². The number of ether oxygens (including phenoxy) is 1. The highest BCUT2D eigenvalue weighted by molar-refractivity contribution is 8.76. The van der Waals surface area contributed by atoms with Crippen molar-refractivity contribution in [3.05, 3.63) is 53.6 Å². The van der Waals surface area contributed by atoms with Gasteiger partial charge in [-0.05, 0) is 77.3 Å². The summed E-state index contributed by atoms with van der Waals surface area (Å²) in [6.07, 6.45) is 1.23. The van der Waals surface area contributed by atoms with Crippen LogP contribution in [-0.2, 0) is 11.2 Å². The van der Waals surface area contributed by atoms with Crippen LogP contribution in [0.5, 0.6) is 17.2 Å². The molecule has 6 nitrogen and oxygen atoms in total. The van der Waals surface area contributed by atoms with Crippen molar-refractivity contribution in [3.63, 3.8) is 0 Å². The van der Waals surface area contributed by atoms with Crippen LogP contribution < -0.4 is 4.74 Å². The summed E-state index contributed by atoms with van der Waals surface area (Å²) < 4.78 is 5.72. The third-order valence-corrected chi connectivity index (χ3v) is 10.4. The van der Waals surface area contributed by atoms with E-state index in [0.29, 0.717) is 30.8 Å². The van der Waals surface area contributed by atoms with E-state index in [2.05, 4.69) is 0 Å². The van der Waals surface area contributed by atoms with E-state index >= 15 is 0 Å². The van der Waals surface area contributed by atoms with Crippen molar-refractivity contribution in [3.8, 4) is 28.4 Å². The minimum Gasteiger partial charge on any atom is -0.508 e. The number of carbonyl (C=O) groups excluding carboxylic acids is 1. The number of rotatable bonds is 1. The first-order valence-corrected chi connectivity index (χ1v) is 15.0. The summed E-state index contributed by atoms with van der Waals surface area (Å²) in [5.41, 5.74) is 3.54. The van der Waals surface area contributed by atoms with Crippen LogP contribution in [0, 0.1) is 5.92 Å². The molecular weight excluding hydrogens is 508 g/mol. The largest absolute Gasteiger partial charge is 0.508 e. The molecule has 3 aromatic rings. The number of phenols is 2. The highest BCUT2D eigenvalue weighted by Crippen LogP contribution is 2.52. The summed E-state index contributed by atoms with van der Waals surface area (Å²) >= 11 is 0. The lowest BCUT2D eigenvalue weighted by atomic mass is 9.85. The molecule has 4 atom stereocenters. The Morgan fingerprint density at radius 1 is 1.00 bits per heavy atom. The Hall–Kier alpha value is -2.39. The standard InChI is InChI=1S/C29H32O6S2/c1-35-29-24(33)10-5-17-3-8-20(31)14-25(34)18-6-11-26(37-36-15-21(32)12-18)28-22(27(17)29)9-4-16-2-7-19(30)13-23(16)28/h2,4-5,7,9-10,13,18,21,25-26,30,32-34H,3,6,8,11-12,14-15H2,1H3/t18-,21+,25-,26-/m0/s1. The normalized spacial score (nSPS) is 25.0. The SMILES string of the molecule is COc1c(O)ccc2c1-c1ccc3ccc(O)cc3c1[C@@H]1CC[C@@H](C[C@@H](O)CSS1)[C@@H](O)CC(=O)CC2. The van der Waals surface area contributed by atoms with Gasteiger partial charge in [0.05, 0.1) is 19.3 Å². The van der Waals surface area contributed by atoms with Gasteiger partial charge in [0, 0.05) is 29.4 Å². The van der Waals surface area contributed by atoms with E-state index in [1.807, 2.05) is 24.3 Å². The molecule has 3 aromatic carbocycles. The molecule has 0 aromatic heterocycles. The van der Waals surface area contributed by atoms with E-state index in [-0.39, 0.29) is 41.3 Å². The van der Waals surface area contributed by atoms with Gasteiger partial charge in [0.2, 0.25) is 0 Å². The molecule has 1 heterocycles. The zero-order chi connectivity index (χ0) is 26.1. The minimum atomic E-state index is -0.804. The maximum atomic E-state index is 12.9. The summed E-state index contributed by atoms with van der Waals surface area (Å²) in [5, 5.41) is 44.7. The molecule has 37 heavy (non-hydrogen) atoms. The van der Waals surface area contributed by atoms with Crippen LogP contribution in [0.25, 0.3) is 21.9 Å². The zero-order valence-corrected chi connectivity index (χ0v) is 22.4. The topological polar surface area (TPSA) is 107 Å². The molecule has 1 aliphatic carbocycles. The Bertz CT molecular complexity index is 1310. The van der Waals surface area contributed by atoms with Gasteiger partial charge in [0.15, 0.2) is 11.5 Å². The van der Waals surface area contributed by atoms with Crippen molar-refractivity contribution in [1.82, 2.24) is 0 Å². The second kappa shape index (κ2) is 11.2. The third kappa shape index (κ3) is 5.43.